The number of alkyl halides is 3. The van der Waals surface area contributed by atoms with Crippen LogP contribution >= 0.6 is 0 Å². The second kappa shape index (κ2) is 10.6. The third kappa shape index (κ3) is 5.35. The highest BCUT2D eigenvalue weighted by Crippen LogP contribution is 2.44. The quantitative estimate of drug-likeness (QED) is 0.314. The van der Waals surface area contributed by atoms with Crippen LogP contribution in [0.25, 0.3) is 10.9 Å². The number of rotatable bonds is 6. The average molecular weight is 559 g/mol. The van der Waals surface area contributed by atoms with Crippen molar-refractivity contribution < 1.29 is 46.1 Å². The number of anilines is 1. The summed E-state index contributed by atoms with van der Waals surface area (Å²) in [7, 11) is 0. The number of aliphatic carboxylic acids is 1. The first-order valence-electron chi connectivity index (χ1n) is 12.1. The van der Waals surface area contributed by atoms with Crippen molar-refractivity contribution in [2.75, 3.05) is 37.7 Å². The molecule has 3 N–H and O–H groups in total. The summed E-state index contributed by atoms with van der Waals surface area (Å²) in [5.41, 5.74) is 4.17. The highest BCUT2D eigenvalue weighted by molar-refractivity contribution is 5.95. The minimum absolute atomic E-state index is 0.00828. The van der Waals surface area contributed by atoms with Gasteiger partial charge in [-0.3, -0.25) is 4.79 Å². The summed E-state index contributed by atoms with van der Waals surface area (Å²) >= 11 is 0. The number of nitrogens with zero attached hydrogens (tertiary/aromatic N) is 2. The zero-order valence-corrected chi connectivity index (χ0v) is 20.6. The summed E-state index contributed by atoms with van der Waals surface area (Å²) in [6, 6.07) is 0.970. The molecule has 3 heterocycles. The molecule has 2 saturated heterocycles. The molecule has 1 aliphatic carbocycles. The van der Waals surface area contributed by atoms with Gasteiger partial charge in [0.25, 0.3) is 0 Å². The Bertz CT molecular complexity index is 1370. The number of hydrogen-bond acceptors (Lipinski definition) is 7. The van der Waals surface area contributed by atoms with E-state index in [0.29, 0.717) is 13.2 Å². The first kappa shape index (κ1) is 28.5. The van der Waals surface area contributed by atoms with Gasteiger partial charge in [0.05, 0.1) is 10.9 Å². The number of hydrogen-bond donors (Lipinski definition) is 2. The van der Waals surface area contributed by atoms with Crippen LogP contribution < -0.4 is 16.1 Å². The predicted octanol–water partition coefficient (Wildman–Crippen LogP) is 3.14. The zero-order chi connectivity index (χ0) is 28.7. The van der Waals surface area contributed by atoms with Crippen LogP contribution in [-0.4, -0.2) is 66.2 Å². The van der Waals surface area contributed by atoms with Crippen LogP contribution in [-0.2, 0) is 14.3 Å². The Morgan fingerprint density at radius 3 is 2.49 bits per heavy atom. The zero-order valence-electron chi connectivity index (χ0n) is 20.6. The van der Waals surface area contributed by atoms with Crippen molar-refractivity contribution in [3.8, 4) is 0 Å². The maximum Gasteiger partial charge on any atom is 0.490 e. The monoisotopic (exact) mass is 559 g/mol. The Hall–Kier alpha value is -3.52. The lowest BCUT2D eigenvalue weighted by Crippen LogP contribution is -2.44. The molecule has 2 unspecified atom stereocenters. The molecule has 2 atom stereocenters. The largest absolute Gasteiger partial charge is 0.490 e. The van der Waals surface area contributed by atoms with Crippen LogP contribution in [0, 0.1) is 17.6 Å². The van der Waals surface area contributed by atoms with E-state index in [1.807, 2.05) is 0 Å². The molecule has 0 bridgehead atoms. The lowest BCUT2D eigenvalue weighted by Gasteiger charge is -2.27. The molecule has 2 aliphatic heterocycles. The molecule has 1 saturated carbocycles. The van der Waals surface area contributed by atoms with Crippen molar-refractivity contribution in [3.05, 3.63) is 52.3 Å². The Morgan fingerprint density at radius 2 is 1.95 bits per heavy atom. The Labute approximate surface area is 218 Å². The average Bonchev–Trinajstić information content (AvgIpc) is 3.54. The first-order valence-corrected chi connectivity index (χ1v) is 12.1. The molecule has 9 nitrogen and oxygen atoms in total. The number of nitrogens with two attached hydrogens (primary N) is 1. The molecule has 1 aromatic heterocycles. The van der Waals surface area contributed by atoms with Gasteiger partial charge in [0.2, 0.25) is 5.43 Å². The van der Waals surface area contributed by atoms with Gasteiger partial charge in [-0.15, -0.1) is 0 Å². The Morgan fingerprint density at radius 1 is 1.28 bits per heavy atom. The highest BCUT2D eigenvalue weighted by atomic mass is 19.4. The Kier molecular flexibility index (Phi) is 7.72. The van der Waals surface area contributed by atoms with Crippen molar-refractivity contribution in [3.63, 3.8) is 0 Å². The summed E-state index contributed by atoms with van der Waals surface area (Å²) in [6.07, 6.45) is -0.0230. The van der Waals surface area contributed by atoms with Crippen LogP contribution in [0.15, 0.2) is 29.7 Å². The minimum Gasteiger partial charge on any atom is -0.475 e. The lowest BCUT2D eigenvalue weighted by molar-refractivity contribution is -0.192. The summed E-state index contributed by atoms with van der Waals surface area (Å²) in [5, 5.41) is 6.95. The fourth-order valence-electron chi connectivity index (χ4n) is 5.05. The molecule has 0 amide bonds. The van der Waals surface area contributed by atoms with Gasteiger partial charge in [0.15, 0.2) is 5.82 Å². The summed E-state index contributed by atoms with van der Waals surface area (Å²) in [5.74, 6) is -5.16. The maximum atomic E-state index is 15.9. The molecule has 39 heavy (non-hydrogen) atoms. The fraction of sp³-hybridized carbons (Fsp3) is 0.480. The van der Waals surface area contributed by atoms with Crippen LogP contribution in [0.5, 0.6) is 0 Å². The molecule has 212 valence electrons. The molecule has 0 spiro atoms. The molecule has 2 aromatic rings. The second-order valence-electron chi connectivity index (χ2n) is 9.60. The molecule has 3 aliphatic rings. The van der Waals surface area contributed by atoms with E-state index in [2.05, 4.69) is 6.58 Å². The number of ether oxygens (including phenoxy) is 2. The maximum absolute atomic E-state index is 15.9. The van der Waals surface area contributed by atoms with Gasteiger partial charge in [-0.25, -0.2) is 18.4 Å². The summed E-state index contributed by atoms with van der Waals surface area (Å²) in [4.78, 5) is 35.9. The van der Waals surface area contributed by atoms with Gasteiger partial charge >= 0.3 is 18.1 Å². The van der Waals surface area contributed by atoms with Crippen molar-refractivity contribution in [2.45, 2.75) is 37.1 Å². The van der Waals surface area contributed by atoms with Gasteiger partial charge in [-0.05, 0) is 25.3 Å². The lowest BCUT2D eigenvalue weighted by atomic mass is 9.91. The minimum atomic E-state index is -5.08. The molecule has 0 radical (unpaired) electrons. The number of carbonyl (C=O) groups excluding carboxylic acids is 1. The Balaban J connectivity index is 0.000000448. The van der Waals surface area contributed by atoms with Gasteiger partial charge in [-0.2, -0.15) is 13.2 Å². The van der Waals surface area contributed by atoms with E-state index in [0.717, 1.165) is 25.3 Å². The molecule has 5 rings (SSSR count). The molecule has 1 aromatic carbocycles. The van der Waals surface area contributed by atoms with Gasteiger partial charge in [0.1, 0.15) is 29.3 Å². The van der Waals surface area contributed by atoms with Crippen molar-refractivity contribution >= 4 is 28.5 Å². The third-order valence-electron chi connectivity index (χ3n) is 7.08. The van der Waals surface area contributed by atoms with E-state index in [9.17, 15) is 22.8 Å². The molecular weight excluding hydrogens is 533 g/mol. The van der Waals surface area contributed by atoms with Crippen molar-refractivity contribution in [1.82, 2.24) is 4.57 Å². The topological polar surface area (TPSA) is 124 Å². The number of carboxylic acids is 1. The van der Waals surface area contributed by atoms with E-state index >= 15 is 8.78 Å². The van der Waals surface area contributed by atoms with Gasteiger partial charge in [0, 0.05) is 44.4 Å². The first-order chi connectivity index (χ1) is 18.3. The van der Waals surface area contributed by atoms with Crippen molar-refractivity contribution in [2.24, 2.45) is 11.7 Å². The normalized spacial score (nSPS) is 22.3. The van der Waals surface area contributed by atoms with E-state index in [1.54, 1.807) is 9.47 Å². The van der Waals surface area contributed by atoms with E-state index in [-0.39, 0.29) is 53.8 Å². The smallest absolute Gasteiger partial charge is 0.475 e. The van der Waals surface area contributed by atoms with Crippen LogP contribution in [0.2, 0.25) is 0 Å². The van der Waals surface area contributed by atoms with Gasteiger partial charge in [-0.1, -0.05) is 12.7 Å². The van der Waals surface area contributed by atoms with Gasteiger partial charge < -0.3 is 29.8 Å². The number of aromatic nitrogens is 1. The third-order valence-corrected chi connectivity index (χ3v) is 7.08. The summed E-state index contributed by atoms with van der Waals surface area (Å²) in [6.45, 7) is 4.98. The van der Waals surface area contributed by atoms with E-state index in [1.165, 1.54) is 12.3 Å². The second-order valence-corrected chi connectivity index (χ2v) is 9.60. The number of esters is 1. The number of fused-ring (bicyclic) bond motifs is 2. The number of pyridine rings is 1. The van der Waals surface area contributed by atoms with E-state index in [4.69, 9.17) is 25.1 Å². The van der Waals surface area contributed by atoms with E-state index < -0.39 is 40.8 Å². The fourth-order valence-corrected chi connectivity index (χ4v) is 5.05. The van der Waals surface area contributed by atoms with Crippen LogP contribution in [0.1, 0.15) is 35.7 Å². The van der Waals surface area contributed by atoms with Crippen LogP contribution in [0.3, 0.4) is 0 Å². The molecule has 14 heteroatoms. The molecule has 3 fully saturated rings. The summed E-state index contributed by atoms with van der Waals surface area (Å²) < 4.78 is 75.4. The highest BCUT2D eigenvalue weighted by Gasteiger charge is 2.51. The van der Waals surface area contributed by atoms with Crippen molar-refractivity contribution in [1.29, 1.82) is 0 Å². The standard InChI is InChI=1S/C23H25F2N3O4.C2HF3O2/c1-2-6-31-22(30)16-10-28(14-3-4-14)19-15(21(16)29)8-17(24)20(18(19)25)27-9-13-5-7-32-23(13,11-26)12-27;3-2(4,5)1(6)7/h2,8,10,13-14H,1,3-7,9,11-12,26H2;(H,6,7). The number of benzene rings is 1. The van der Waals surface area contributed by atoms with Crippen LogP contribution in [0.4, 0.5) is 27.6 Å². The number of carboxylic acid groups (broad SMARTS) is 1. The predicted molar refractivity (Wildman–Crippen MR) is 129 cm³/mol. The molecular formula is C25H26F5N3O6. The number of halogens is 5. The SMILES string of the molecule is C=CCOC(=O)c1cn(C2CC2)c2c(F)c(N3CC4CCOC4(CN)C3)c(F)cc2c1=O.O=C(O)C(F)(F)F. The number of carbonyl (C=O) groups is 2.